The maximum absolute atomic E-state index is 5.95. The minimum Gasteiger partial charge on any atom is -0.187 e. The van der Waals surface area contributed by atoms with Gasteiger partial charge in [-0.1, -0.05) is 25.2 Å². The summed E-state index contributed by atoms with van der Waals surface area (Å²) in [6.07, 6.45) is 0. The van der Waals surface area contributed by atoms with Crippen molar-refractivity contribution in [3.05, 3.63) is 10.8 Å². The van der Waals surface area contributed by atoms with Crippen molar-refractivity contribution in [3.63, 3.8) is 0 Å². The zero-order valence-corrected chi connectivity index (χ0v) is 9.80. The summed E-state index contributed by atoms with van der Waals surface area (Å²) in [7, 11) is 0. The van der Waals surface area contributed by atoms with E-state index >= 15 is 0 Å². The molecular weight excluding hydrogens is 220 g/mol. The Balaban J connectivity index is 2.56. The first-order valence-corrected chi connectivity index (χ1v) is 5.71. The third-order valence-electron chi connectivity index (χ3n) is 1.89. The summed E-state index contributed by atoms with van der Waals surface area (Å²) in [6, 6.07) is 0. The summed E-state index contributed by atoms with van der Waals surface area (Å²) in [4.78, 5) is 0.816. The molecule has 0 aliphatic rings. The van der Waals surface area contributed by atoms with Crippen molar-refractivity contribution in [1.29, 1.82) is 0 Å². The molecule has 0 spiro atoms. The van der Waals surface area contributed by atoms with E-state index in [-0.39, 0.29) is 5.38 Å². The van der Waals surface area contributed by atoms with Crippen molar-refractivity contribution in [1.82, 2.24) is 19.8 Å². The second-order valence-electron chi connectivity index (χ2n) is 3.46. The van der Waals surface area contributed by atoms with Gasteiger partial charge in [0.05, 0.1) is 5.38 Å². The summed E-state index contributed by atoms with van der Waals surface area (Å²) in [5.74, 6) is 1.21. The van der Waals surface area contributed by atoms with Crippen LogP contribution in [0.4, 0.5) is 0 Å². The lowest BCUT2D eigenvalue weighted by Gasteiger charge is -1.98. The highest BCUT2D eigenvalue weighted by Crippen LogP contribution is 2.25. The standard InChI is InChI=1S/C8H11ClN4S/c1-4(2)6-10-11-8-13(6)12-7(14-8)5(3)9/h4-5H,1-3H3. The van der Waals surface area contributed by atoms with Crippen LogP contribution < -0.4 is 0 Å². The summed E-state index contributed by atoms with van der Waals surface area (Å²) < 4.78 is 1.78. The fourth-order valence-electron chi connectivity index (χ4n) is 1.17. The number of fused-ring (bicyclic) bond motifs is 1. The maximum Gasteiger partial charge on any atom is 0.234 e. The lowest BCUT2D eigenvalue weighted by Crippen LogP contribution is -1.98. The molecule has 6 heteroatoms. The van der Waals surface area contributed by atoms with Gasteiger partial charge in [0.15, 0.2) is 5.82 Å². The highest BCUT2D eigenvalue weighted by atomic mass is 35.5. The number of hydrogen-bond donors (Lipinski definition) is 0. The lowest BCUT2D eigenvalue weighted by molar-refractivity contribution is 0.717. The minimum atomic E-state index is -0.0679. The third kappa shape index (κ3) is 1.50. The van der Waals surface area contributed by atoms with Gasteiger partial charge in [0, 0.05) is 5.92 Å². The van der Waals surface area contributed by atoms with Crippen molar-refractivity contribution in [2.75, 3.05) is 0 Å². The Hall–Kier alpha value is -0.680. The molecule has 0 aliphatic carbocycles. The van der Waals surface area contributed by atoms with Gasteiger partial charge in [-0.05, 0) is 6.92 Å². The Morgan fingerprint density at radius 1 is 1.29 bits per heavy atom. The molecule has 1 unspecified atom stereocenters. The summed E-state index contributed by atoms with van der Waals surface area (Å²) in [5.41, 5.74) is 0. The number of rotatable bonds is 2. The van der Waals surface area contributed by atoms with Gasteiger partial charge in [-0.25, -0.2) is 0 Å². The van der Waals surface area contributed by atoms with Gasteiger partial charge in [-0.15, -0.1) is 21.8 Å². The number of nitrogens with zero attached hydrogens (tertiary/aromatic N) is 4. The van der Waals surface area contributed by atoms with E-state index in [1.165, 1.54) is 11.3 Å². The molecule has 14 heavy (non-hydrogen) atoms. The molecule has 2 heterocycles. The van der Waals surface area contributed by atoms with Crippen molar-refractivity contribution in [2.45, 2.75) is 32.1 Å². The van der Waals surface area contributed by atoms with Gasteiger partial charge >= 0.3 is 0 Å². The molecule has 0 saturated heterocycles. The zero-order valence-electron chi connectivity index (χ0n) is 8.23. The third-order valence-corrected chi connectivity index (χ3v) is 3.30. The molecule has 2 rings (SSSR count). The average Bonchev–Trinajstić information content (AvgIpc) is 2.58. The molecule has 0 saturated carbocycles. The van der Waals surface area contributed by atoms with Crippen molar-refractivity contribution >= 4 is 27.9 Å². The van der Waals surface area contributed by atoms with Crippen LogP contribution in [0.25, 0.3) is 4.96 Å². The first-order chi connectivity index (χ1) is 6.59. The summed E-state index contributed by atoms with van der Waals surface area (Å²) >= 11 is 7.44. The SMILES string of the molecule is CC(C)c1nnc2sc(C(C)Cl)nn12. The van der Waals surface area contributed by atoms with Gasteiger partial charge in [0.1, 0.15) is 5.01 Å². The predicted octanol–water partition coefficient (Wildman–Crippen LogP) is 2.61. The Bertz CT molecular complexity index is 445. The minimum absolute atomic E-state index is 0.0679. The molecule has 0 fully saturated rings. The monoisotopic (exact) mass is 230 g/mol. The number of aromatic nitrogens is 4. The first kappa shape index (κ1) is 9.86. The molecule has 0 aromatic carbocycles. The van der Waals surface area contributed by atoms with Crippen LogP contribution in [0.1, 0.15) is 42.9 Å². The average molecular weight is 231 g/mol. The van der Waals surface area contributed by atoms with Crippen molar-refractivity contribution in [3.8, 4) is 0 Å². The zero-order chi connectivity index (χ0) is 10.3. The van der Waals surface area contributed by atoms with Gasteiger partial charge in [-0.2, -0.15) is 9.61 Å². The molecular formula is C8H11ClN4S. The van der Waals surface area contributed by atoms with E-state index in [2.05, 4.69) is 29.1 Å². The molecule has 0 aliphatic heterocycles. The molecule has 2 aromatic rings. The Kier molecular flexibility index (Phi) is 2.45. The fraction of sp³-hybridized carbons (Fsp3) is 0.625. The second kappa shape index (κ2) is 3.47. The van der Waals surface area contributed by atoms with Gasteiger partial charge in [0.25, 0.3) is 0 Å². The lowest BCUT2D eigenvalue weighted by atomic mass is 10.2. The quantitative estimate of drug-likeness (QED) is 0.745. The van der Waals surface area contributed by atoms with Crippen LogP contribution in [-0.2, 0) is 0 Å². The normalized spacial score (nSPS) is 14.1. The van der Waals surface area contributed by atoms with E-state index in [0.29, 0.717) is 5.92 Å². The second-order valence-corrected chi connectivity index (χ2v) is 5.11. The first-order valence-electron chi connectivity index (χ1n) is 4.45. The molecule has 4 nitrogen and oxygen atoms in total. The van der Waals surface area contributed by atoms with Crippen LogP contribution in [0.3, 0.4) is 0 Å². The highest BCUT2D eigenvalue weighted by molar-refractivity contribution is 7.16. The Morgan fingerprint density at radius 2 is 2.00 bits per heavy atom. The van der Waals surface area contributed by atoms with E-state index in [4.69, 9.17) is 11.6 Å². The smallest absolute Gasteiger partial charge is 0.187 e. The molecule has 1 atom stereocenters. The van der Waals surface area contributed by atoms with E-state index < -0.39 is 0 Å². The van der Waals surface area contributed by atoms with Gasteiger partial charge in [-0.3, -0.25) is 0 Å². The summed E-state index contributed by atoms with van der Waals surface area (Å²) in [5, 5.41) is 13.3. The van der Waals surface area contributed by atoms with Crippen LogP contribution in [0.15, 0.2) is 0 Å². The summed E-state index contributed by atoms with van der Waals surface area (Å²) in [6.45, 7) is 6.04. The predicted molar refractivity (Wildman–Crippen MR) is 57.0 cm³/mol. The highest BCUT2D eigenvalue weighted by Gasteiger charge is 2.15. The number of halogens is 1. The van der Waals surface area contributed by atoms with Gasteiger partial charge in [0.2, 0.25) is 4.96 Å². The van der Waals surface area contributed by atoms with Crippen molar-refractivity contribution < 1.29 is 0 Å². The van der Waals surface area contributed by atoms with Crippen molar-refractivity contribution in [2.24, 2.45) is 0 Å². The van der Waals surface area contributed by atoms with E-state index in [0.717, 1.165) is 15.8 Å². The van der Waals surface area contributed by atoms with E-state index in [9.17, 15) is 0 Å². The largest absolute Gasteiger partial charge is 0.234 e. The molecule has 0 radical (unpaired) electrons. The Labute approximate surface area is 90.9 Å². The van der Waals surface area contributed by atoms with Crippen LogP contribution in [-0.4, -0.2) is 19.8 Å². The molecule has 76 valence electrons. The molecule has 0 amide bonds. The van der Waals surface area contributed by atoms with Crippen LogP contribution in [0, 0.1) is 0 Å². The molecule has 0 N–H and O–H groups in total. The van der Waals surface area contributed by atoms with Crippen LogP contribution >= 0.6 is 22.9 Å². The van der Waals surface area contributed by atoms with E-state index in [1.807, 2.05) is 6.92 Å². The van der Waals surface area contributed by atoms with Gasteiger partial charge < -0.3 is 0 Å². The Morgan fingerprint density at radius 3 is 2.57 bits per heavy atom. The van der Waals surface area contributed by atoms with Crippen LogP contribution in [0.2, 0.25) is 0 Å². The molecule has 2 aromatic heterocycles. The number of hydrogen-bond acceptors (Lipinski definition) is 4. The number of alkyl halides is 1. The van der Waals surface area contributed by atoms with Crippen LogP contribution in [0.5, 0.6) is 0 Å². The van der Waals surface area contributed by atoms with E-state index in [1.54, 1.807) is 4.52 Å². The topological polar surface area (TPSA) is 43.1 Å². The fourth-order valence-corrected chi connectivity index (χ4v) is 2.12. The maximum atomic E-state index is 5.95. The molecule has 0 bridgehead atoms.